The zero-order valence-corrected chi connectivity index (χ0v) is 20.1. The lowest BCUT2D eigenvalue weighted by molar-refractivity contribution is -0.112. The summed E-state index contributed by atoms with van der Waals surface area (Å²) in [4.78, 5) is 12.4. The Labute approximate surface area is 207 Å². The van der Waals surface area contributed by atoms with Gasteiger partial charge in [-0.05, 0) is 76.1 Å². The molecule has 0 radical (unpaired) electrons. The topological polar surface area (TPSA) is 82.3 Å². The van der Waals surface area contributed by atoms with Gasteiger partial charge in [0.05, 0.1) is 9.50 Å². The second-order valence-corrected chi connectivity index (χ2v) is 8.61. The number of ether oxygens (including phenoxy) is 1. The molecular formula is C23H14BrCl3N2O3. The van der Waals surface area contributed by atoms with Crippen LogP contribution in [0.15, 0.2) is 64.6 Å². The first-order valence-corrected chi connectivity index (χ1v) is 11.0. The maximum Gasteiger partial charge on any atom is 0.266 e. The molecular weight excluding hydrogens is 539 g/mol. The van der Waals surface area contributed by atoms with Gasteiger partial charge in [0.15, 0.2) is 5.75 Å². The number of rotatable bonds is 6. The van der Waals surface area contributed by atoms with E-state index in [0.29, 0.717) is 31.5 Å². The first kappa shape index (κ1) is 24.0. The molecule has 1 amide bonds. The summed E-state index contributed by atoms with van der Waals surface area (Å²) in [6, 6.07) is 16.1. The molecule has 0 aliphatic carbocycles. The van der Waals surface area contributed by atoms with Gasteiger partial charge in [0.2, 0.25) is 0 Å². The molecule has 162 valence electrons. The third kappa shape index (κ3) is 6.18. The fourth-order valence-corrected chi connectivity index (χ4v) is 4.10. The third-order valence-electron chi connectivity index (χ3n) is 4.21. The number of halogens is 4. The van der Waals surface area contributed by atoms with Crippen LogP contribution in [0.5, 0.6) is 11.5 Å². The van der Waals surface area contributed by atoms with Crippen molar-refractivity contribution in [2.75, 3.05) is 5.32 Å². The Bertz CT molecular complexity index is 1220. The normalized spacial score (nSPS) is 11.0. The van der Waals surface area contributed by atoms with Crippen molar-refractivity contribution >= 4 is 68.4 Å². The number of phenolic OH excluding ortho intramolecular Hbond substituents is 1. The van der Waals surface area contributed by atoms with E-state index < -0.39 is 5.91 Å². The number of benzene rings is 3. The van der Waals surface area contributed by atoms with E-state index in [9.17, 15) is 15.2 Å². The van der Waals surface area contributed by atoms with Gasteiger partial charge in [-0.1, -0.05) is 40.9 Å². The highest BCUT2D eigenvalue weighted by Gasteiger charge is 2.14. The maximum atomic E-state index is 12.4. The van der Waals surface area contributed by atoms with Crippen LogP contribution in [0.3, 0.4) is 0 Å². The van der Waals surface area contributed by atoms with E-state index in [2.05, 4.69) is 21.2 Å². The van der Waals surface area contributed by atoms with Crippen molar-refractivity contribution in [3.8, 4) is 17.6 Å². The van der Waals surface area contributed by atoms with Gasteiger partial charge in [0.1, 0.15) is 24.0 Å². The summed E-state index contributed by atoms with van der Waals surface area (Å²) in [5, 5.41) is 22.6. The van der Waals surface area contributed by atoms with Crippen molar-refractivity contribution in [2.24, 2.45) is 0 Å². The lowest BCUT2D eigenvalue weighted by Crippen LogP contribution is -2.13. The van der Waals surface area contributed by atoms with E-state index in [1.807, 2.05) is 6.07 Å². The SMILES string of the molecule is N#C/C(=C/c1cc(Cl)c(OCc2ccc(Cl)cc2Cl)c(Br)c1)C(=O)Nc1ccc(O)cc1. The van der Waals surface area contributed by atoms with Gasteiger partial charge in [-0.2, -0.15) is 5.26 Å². The number of nitrogens with zero attached hydrogens (tertiary/aromatic N) is 1. The number of anilines is 1. The minimum Gasteiger partial charge on any atom is -0.508 e. The van der Waals surface area contributed by atoms with E-state index in [0.717, 1.165) is 5.56 Å². The number of nitriles is 1. The van der Waals surface area contributed by atoms with E-state index >= 15 is 0 Å². The summed E-state index contributed by atoms with van der Waals surface area (Å²) in [5.41, 5.74) is 1.58. The highest BCUT2D eigenvalue weighted by molar-refractivity contribution is 9.10. The summed E-state index contributed by atoms with van der Waals surface area (Å²) < 4.78 is 6.34. The molecule has 0 unspecified atom stereocenters. The Morgan fingerprint density at radius 3 is 2.44 bits per heavy atom. The van der Waals surface area contributed by atoms with Crippen LogP contribution in [-0.2, 0) is 11.4 Å². The largest absolute Gasteiger partial charge is 0.508 e. The van der Waals surface area contributed by atoms with Crippen LogP contribution < -0.4 is 10.1 Å². The molecule has 0 atom stereocenters. The molecule has 0 bridgehead atoms. The monoisotopic (exact) mass is 550 g/mol. The van der Waals surface area contributed by atoms with Crippen molar-refractivity contribution in [1.82, 2.24) is 0 Å². The number of carbonyl (C=O) groups is 1. The van der Waals surface area contributed by atoms with Gasteiger partial charge in [0, 0.05) is 21.3 Å². The minimum atomic E-state index is -0.594. The predicted octanol–water partition coefficient (Wildman–Crippen LogP) is 7.24. The standard InChI is InChI=1S/C23H14BrCl3N2O3/c24-19-8-13(7-15(11-28)23(31)29-17-3-5-18(30)6-4-17)9-21(27)22(19)32-12-14-1-2-16(25)10-20(14)26/h1-10,30H,12H2,(H,29,31)/b15-7-. The quantitative estimate of drug-likeness (QED) is 0.192. The summed E-state index contributed by atoms with van der Waals surface area (Å²) in [7, 11) is 0. The summed E-state index contributed by atoms with van der Waals surface area (Å²) in [6.45, 7) is 0.169. The summed E-state index contributed by atoms with van der Waals surface area (Å²) >= 11 is 21.9. The number of carbonyl (C=O) groups excluding carboxylic acids is 1. The third-order valence-corrected chi connectivity index (χ3v) is 5.67. The number of aromatic hydroxyl groups is 1. The van der Waals surface area contributed by atoms with Crippen LogP contribution in [0, 0.1) is 11.3 Å². The van der Waals surface area contributed by atoms with E-state index in [1.165, 1.54) is 30.3 Å². The zero-order chi connectivity index (χ0) is 23.3. The number of hydrogen-bond donors (Lipinski definition) is 2. The van der Waals surface area contributed by atoms with Crippen molar-refractivity contribution in [1.29, 1.82) is 5.26 Å². The minimum absolute atomic E-state index is 0.0687. The molecule has 0 saturated carbocycles. The number of amides is 1. The second-order valence-electron chi connectivity index (χ2n) is 6.51. The van der Waals surface area contributed by atoms with E-state index in [1.54, 1.807) is 30.3 Å². The summed E-state index contributed by atoms with van der Waals surface area (Å²) in [6.07, 6.45) is 1.41. The highest BCUT2D eigenvalue weighted by Crippen LogP contribution is 2.36. The van der Waals surface area contributed by atoms with Crippen LogP contribution >= 0.6 is 50.7 Å². The van der Waals surface area contributed by atoms with Crippen LogP contribution in [-0.4, -0.2) is 11.0 Å². The van der Waals surface area contributed by atoms with Gasteiger partial charge in [-0.15, -0.1) is 0 Å². The molecule has 0 saturated heterocycles. The van der Waals surface area contributed by atoms with Crippen LogP contribution in [0.1, 0.15) is 11.1 Å². The Balaban J connectivity index is 1.77. The van der Waals surface area contributed by atoms with E-state index in [4.69, 9.17) is 39.5 Å². The van der Waals surface area contributed by atoms with Gasteiger partial charge >= 0.3 is 0 Å². The molecule has 2 N–H and O–H groups in total. The molecule has 32 heavy (non-hydrogen) atoms. The predicted molar refractivity (Wildman–Crippen MR) is 130 cm³/mol. The molecule has 0 spiro atoms. The highest BCUT2D eigenvalue weighted by atomic mass is 79.9. The second kappa shape index (κ2) is 10.8. The Hall–Kier alpha value is -2.69. The average Bonchev–Trinajstić information content (AvgIpc) is 2.74. The van der Waals surface area contributed by atoms with Gasteiger partial charge in [0.25, 0.3) is 5.91 Å². The lowest BCUT2D eigenvalue weighted by Gasteiger charge is -2.12. The molecule has 9 heteroatoms. The summed E-state index contributed by atoms with van der Waals surface area (Å²) in [5.74, 6) is -0.135. The van der Waals surface area contributed by atoms with Crippen LogP contribution in [0.2, 0.25) is 15.1 Å². The smallest absolute Gasteiger partial charge is 0.266 e. The molecule has 3 rings (SSSR count). The number of phenols is 1. The molecule has 0 fully saturated rings. The van der Waals surface area contributed by atoms with Crippen LogP contribution in [0.4, 0.5) is 5.69 Å². The Morgan fingerprint density at radius 1 is 1.09 bits per heavy atom. The Morgan fingerprint density at radius 2 is 1.81 bits per heavy atom. The molecule has 3 aromatic carbocycles. The number of nitrogens with one attached hydrogen (secondary N) is 1. The lowest BCUT2D eigenvalue weighted by atomic mass is 10.1. The van der Waals surface area contributed by atoms with Crippen molar-refractivity contribution in [2.45, 2.75) is 6.61 Å². The zero-order valence-electron chi connectivity index (χ0n) is 16.2. The van der Waals surface area contributed by atoms with Gasteiger partial charge < -0.3 is 15.2 Å². The Kier molecular flexibility index (Phi) is 8.05. The molecule has 5 nitrogen and oxygen atoms in total. The fraction of sp³-hybridized carbons (Fsp3) is 0.0435. The fourth-order valence-electron chi connectivity index (χ4n) is 2.65. The first-order valence-electron chi connectivity index (χ1n) is 9.05. The van der Waals surface area contributed by atoms with E-state index in [-0.39, 0.29) is 23.0 Å². The molecule has 3 aromatic rings. The molecule has 0 aliphatic heterocycles. The number of hydrogen-bond acceptors (Lipinski definition) is 4. The van der Waals surface area contributed by atoms with Crippen molar-refractivity contribution < 1.29 is 14.6 Å². The van der Waals surface area contributed by atoms with Gasteiger partial charge in [-0.3, -0.25) is 4.79 Å². The molecule has 0 heterocycles. The molecule has 0 aliphatic rings. The first-order chi connectivity index (χ1) is 15.3. The van der Waals surface area contributed by atoms with Crippen molar-refractivity contribution in [3.63, 3.8) is 0 Å². The van der Waals surface area contributed by atoms with Gasteiger partial charge in [-0.25, -0.2) is 0 Å². The van der Waals surface area contributed by atoms with Crippen molar-refractivity contribution in [3.05, 3.63) is 90.8 Å². The maximum absolute atomic E-state index is 12.4. The molecule has 0 aromatic heterocycles. The average molecular weight is 553 g/mol. The van der Waals surface area contributed by atoms with Crippen LogP contribution in [0.25, 0.3) is 6.08 Å².